The van der Waals surface area contributed by atoms with Gasteiger partial charge in [0, 0.05) is 16.9 Å². The van der Waals surface area contributed by atoms with Gasteiger partial charge in [-0.1, -0.05) is 0 Å². The minimum atomic E-state index is 0.837. The van der Waals surface area contributed by atoms with Gasteiger partial charge in [0.05, 0.1) is 25.6 Å². The summed E-state index contributed by atoms with van der Waals surface area (Å²) in [4.78, 5) is 4.50. The van der Waals surface area contributed by atoms with Crippen LogP contribution >= 0.6 is 11.3 Å². The molecule has 0 spiro atoms. The molecule has 1 aromatic carbocycles. The first-order valence-electron chi connectivity index (χ1n) is 7.32. The van der Waals surface area contributed by atoms with E-state index in [9.17, 15) is 0 Å². The third-order valence-corrected chi connectivity index (χ3v) is 5.12. The number of methoxy groups -OCH3 is 2. The molecule has 2 heterocycles. The number of rotatable bonds is 4. The van der Waals surface area contributed by atoms with E-state index in [4.69, 9.17) is 9.47 Å². The molecule has 1 aliphatic rings. The molecule has 1 atom stereocenters. The van der Waals surface area contributed by atoms with Crippen molar-refractivity contribution in [1.29, 1.82) is 0 Å². The van der Waals surface area contributed by atoms with E-state index in [-0.39, 0.29) is 0 Å². The zero-order valence-corrected chi connectivity index (χ0v) is 13.7. The molecule has 112 valence electrons. The van der Waals surface area contributed by atoms with Crippen molar-refractivity contribution in [3.63, 3.8) is 0 Å². The predicted octanol–water partition coefficient (Wildman–Crippen LogP) is 2.21. The first-order chi connectivity index (χ1) is 10.2. The van der Waals surface area contributed by atoms with Crippen LogP contribution in [0.25, 0.3) is 0 Å². The Balaban J connectivity index is 1.78. The van der Waals surface area contributed by atoms with Crippen LogP contribution in [0, 0.1) is 6.92 Å². The van der Waals surface area contributed by atoms with E-state index in [1.165, 1.54) is 27.4 Å². The molecule has 1 aliphatic heterocycles. The maximum atomic E-state index is 5.43. The van der Waals surface area contributed by atoms with Crippen LogP contribution in [0.2, 0.25) is 0 Å². The molecule has 3 rings (SSSR count). The molecule has 0 fully saturated rings. The molecule has 3 nitrogen and oxygen atoms in total. The third-order valence-electron chi connectivity index (χ3n) is 4.11. The number of quaternary nitrogens is 1. The molecule has 21 heavy (non-hydrogen) atoms. The number of nitrogens with one attached hydrogen (secondary N) is 1. The molecular weight excluding hydrogens is 282 g/mol. The quantitative estimate of drug-likeness (QED) is 0.936. The zero-order chi connectivity index (χ0) is 14.8. The highest BCUT2D eigenvalue weighted by atomic mass is 32.1. The van der Waals surface area contributed by atoms with Gasteiger partial charge >= 0.3 is 0 Å². The smallest absolute Gasteiger partial charge is 0.161 e. The molecular formula is C17H22NO2S+. The number of thiophene rings is 1. The first-order valence-corrected chi connectivity index (χ1v) is 8.14. The Morgan fingerprint density at radius 1 is 1.10 bits per heavy atom. The van der Waals surface area contributed by atoms with Gasteiger partial charge < -0.3 is 14.4 Å². The van der Waals surface area contributed by atoms with Gasteiger partial charge in [-0.15, -0.1) is 11.3 Å². The molecule has 1 unspecified atom stereocenters. The van der Waals surface area contributed by atoms with E-state index in [0.29, 0.717) is 0 Å². The first kappa shape index (κ1) is 14.4. The zero-order valence-electron chi connectivity index (χ0n) is 12.9. The maximum Gasteiger partial charge on any atom is 0.161 e. The number of benzene rings is 1. The van der Waals surface area contributed by atoms with E-state index in [1.54, 1.807) is 19.1 Å². The van der Waals surface area contributed by atoms with Crippen LogP contribution in [-0.4, -0.2) is 20.8 Å². The SMILES string of the molecule is COc1cc2c(cc1OC)C[NH+](Cc1ccc(C)s1)CC2. The number of ether oxygens (including phenoxy) is 2. The van der Waals surface area contributed by atoms with Crippen LogP contribution in [0.5, 0.6) is 11.5 Å². The molecule has 0 bridgehead atoms. The Morgan fingerprint density at radius 2 is 1.81 bits per heavy atom. The van der Waals surface area contributed by atoms with E-state index in [2.05, 4.69) is 31.2 Å². The van der Waals surface area contributed by atoms with Crippen molar-refractivity contribution in [3.8, 4) is 11.5 Å². The fourth-order valence-corrected chi connectivity index (χ4v) is 3.97. The second kappa shape index (κ2) is 6.08. The van der Waals surface area contributed by atoms with Crippen molar-refractivity contribution in [1.82, 2.24) is 0 Å². The Hall–Kier alpha value is -1.52. The molecule has 1 N–H and O–H groups in total. The summed E-state index contributed by atoms with van der Waals surface area (Å²) in [6.45, 7) is 5.53. The average molecular weight is 304 g/mol. The van der Waals surface area contributed by atoms with Crippen LogP contribution < -0.4 is 14.4 Å². The van der Waals surface area contributed by atoms with Gasteiger partial charge in [-0.25, -0.2) is 0 Å². The second-order valence-corrected chi connectivity index (χ2v) is 6.96. The normalized spacial score (nSPS) is 17.4. The van der Waals surface area contributed by atoms with Gasteiger partial charge in [0.15, 0.2) is 11.5 Å². The second-order valence-electron chi connectivity index (χ2n) is 5.59. The number of fused-ring (bicyclic) bond motifs is 1. The Labute approximate surface area is 130 Å². The van der Waals surface area contributed by atoms with Gasteiger partial charge in [0.1, 0.15) is 13.1 Å². The summed E-state index contributed by atoms with van der Waals surface area (Å²) < 4.78 is 10.8. The Morgan fingerprint density at radius 3 is 2.43 bits per heavy atom. The molecule has 0 amide bonds. The van der Waals surface area contributed by atoms with E-state index < -0.39 is 0 Å². The van der Waals surface area contributed by atoms with Gasteiger partial charge in [-0.3, -0.25) is 0 Å². The van der Waals surface area contributed by atoms with Crippen LogP contribution in [0.1, 0.15) is 20.9 Å². The largest absolute Gasteiger partial charge is 0.493 e. The van der Waals surface area contributed by atoms with Gasteiger partial charge in [0.25, 0.3) is 0 Å². The minimum absolute atomic E-state index is 0.837. The molecule has 0 radical (unpaired) electrons. The van der Waals surface area contributed by atoms with Crippen molar-refractivity contribution in [3.05, 3.63) is 45.1 Å². The number of hydrogen-bond donors (Lipinski definition) is 1. The molecule has 0 aliphatic carbocycles. The van der Waals surface area contributed by atoms with Crippen LogP contribution in [-0.2, 0) is 19.5 Å². The number of aryl methyl sites for hydroxylation is 1. The van der Waals surface area contributed by atoms with Gasteiger partial charge in [-0.05, 0) is 36.8 Å². The molecule has 2 aromatic rings. The third kappa shape index (κ3) is 3.06. The summed E-state index contributed by atoms with van der Waals surface area (Å²) in [6.07, 6.45) is 1.11. The summed E-state index contributed by atoms with van der Waals surface area (Å²) in [5.41, 5.74) is 2.79. The van der Waals surface area contributed by atoms with Crippen molar-refractivity contribution in [2.24, 2.45) is 0 Å². The summed E-state index contributed by atoms with van der Waals surface area (Å²) in [7, 11) is 3.40. The Bertz CT molecular complexity index is 636. The highest BCUT2D eigenvalue weighted by Crippen LogP contribution is 2.31. The molecule has 0 saturated heterocycles. The lowest BCUT2D eigenvalue weighted by atomic mass is 9.99. The van der Waals surface area contributed by atoms with Crippen molar-refractivity contribution in [2.75, 3.05) is 20.8 Å². The summed E-state index contributed by atoms with van der Waals surface area (Å²) in [5, 5.41) is 0. The highest BCUT2D eigenvalue weighted by molar-refractivity contribution is 7.11. The Kier molecular flexibility index (Phi) is 4.17. The monoisotopic (exact) mass is 304 g/mol. The summed E-state index contributed by atoms with van der Waals surface area (Å²) in [5.74, 6) is 1.68. The fourth-order valence-electron chi connectivity index (χ4n) is 3.01. The lowest BCUT2D eigenvalue weighted by Crippen LogP contribution is -3.10. The lowest BCUT2D eigenvalue weighted by Gasteiger charge is -2.26. The number of hydrogen-bond acceptors (Lipinski definition) is 3. The lowest BCUT2D eigenvalue weighted by molar-refractivity contribution is -0.929. The van der Waals surface area contributed by atoms with Crippen molar-refractivity contribution >= 4 is 11.3 Å². The molecule has 4 heteroatoms. The van der Waals surface area contributed by atoms with E-state index >= 15 is 0 Å². The summed E-state index contributed by atoms with van der Waals surface area (Å²) >= 11 is 1.91. The minimum Gasteiger partial charge on any atom is -0.493 e. The topological polar surface area (TPSA) is 22.9 Å². The van der Waals surface area contributed by atoms with Crippen LogP contribution in [0.15, 0.2) is 24.3 Å². The fraction of sp³-hybridized carbons (Fsp3) is 0.412. The summed E-state index contributed by atoms with van der Waals surface area (Å²) in [6, 6.07) is 8.76. The highest BCUT2D eigenvalue weighted by Gasteiger charge is 2.22. The average Bonchev–Trinajstić information content (AvgIpc) is 2.90. The van der Waals surface area contributed by atoms with Crippen LogP contribution in [0.4, 0.5) is 0 Å². The van der Waals surface area contributed by atoms with E-state index in [0.717, 1.165) is 31.0 Å². The van der Waals surface area contributed by atoms with Crippen molar-refractivity contribution < 1.29 is 14.4 Å². The van der Waals surface area contributed by atoms with Crippen molar-refractivity contribution in [2.45, 2.75) is 26.4 Å². The van der Waals surface area contributed by atoms with Gasteiger partial charge in [0.2, 0.25) is 0 Å². The maximum absolute atomic E-state index is 5.43. The van der Waals surface area contributed by atoms with E-state index in [1.807, 2.05) is 11.3 Å². The molecule has 1 aromatic heterocycles. The predicted molar refractivity (Wildman–Crippen MR) is 85.5 cm³/mol. The van der Waals surface area contributed by atoms with Gasteiger partial charge in [-0.2, -0.15) is 0 Å². The van der Waals surface area contributed by atoms with Crippen LogP contribution in [0.3, 0.4) is 0 Å². The molecule has 0 saturated carbocycles. The standard InChI is InChI=1S/C17H21NO2S/c1-12-4-5-15(21-12)11-18-7-6-13-8-16(19-2)17(20-3)9-14(13)10-18/h4-5,8-9H,6-7,10-11H2,1-3H3/p+1.